The molecule has 0 fully saturated rings. The number of benzene rings is 2. The first kappa shape index (κ1) is 16.4. The van der Waals surface area contributed by atoms with Gasteiger partial charge in [0, 0.05) is 15.7 Å². The predicted octanol–water partition coefficient (Wildman–Crippen LogP) is 4.36. The molecule has 0 spiro atoms. The summed E-state index contributed by atoms with van der Waals surface area (Å²) in [6.07, 6.45) is 0. The number of carbonyl (C=O) groups is 1. The lowest BCUT2D eigenvalue weighted by Gasteiger charge is -2.19. The Kier molecular flexibility index (Phi) is 4.47. The van der Waals surface area contributed by atoms with Crippen molar-refractivity contribution in [1.29, 1.82) is 0 Å². The van der Waals surface area contributed by atoms with E-state index >= 15 is 0 Å². The number of anilines is 1. The van der Waals surface area contributed by atoms with Gasteiger partial charge in [0.1, 0.15) is 11.4 Å². The molecule has 0 unspecified atom stereocenters. The lowest BCUT2D eigenvalue weighted by Crippen LogP contribution is -2.23. The van der Waals surface area contributed by atoms with Gasteiger partial charge in [-0.3, -0.25) is 0 Å². The molecule has 3 N–H and O–H groups in total. The number of aromatic hydroxyl groups is 1. The summed E-state index contributed by atoms with van der Waals surface area (Å²) < 4.78 is 6.07. The van der Waals surface area contributed by atoms with Gasteiger partial charge in [-0.2, -0.15) is 0 Å². The van der Waals surface area contributed by atoms with Crippen molar-refractivity contribution in [3.63, 3.8) is 0 Å². The van der Waals surface area contributed by atoms with Gasteiger partial charge in [-0.1, -0.05) is 22.0 Å². The summed E-state index contributed by atoms with van der Waals surface area (Å²) in [7, 11) is 0. The van der Waals surface area contributed by atoms with Crippen molar-refractivity contribution < 1.29 is 14.6 Å². The Morgan fingerprint density at radius 3 is 2.41 bits per heavy atom. The lowest BCUT2D eigenvalue weighted by atomic mass is 10.0. The zero-order chi connectivity index (χ0) is 16.5. The van der Waals surface area contributed by atoms with Crippen LogP contribution >= 0.6 is 15.9 Å². The molecule has 0 aliphatic heterocycles. The van der Waals surface area contributed by atoms with E-state index in [0.29, 0.717) is 11.3 Å². The van der Waals surface area contributed by atoms with E-state index in [2.05, 4.69) is 15.9 Å². The molecular weight excluding hydrogens is 346 g/mol. The molecule has 0 saturated carbocycles. The van der Waals surface area contributed by atoms with E-state index in [1.807, 2.05) is 26.8 Å². The van der Waals surface area contributed by atoms with Crippen LogP contribution in [0.3, 0.4) is 0 Å². The maximum Gasteiger partial charge on any atom is 0.338 e. The molecule has 4 nitrogen and oxygen atoms in total. The van der Waals surface area contributed by atoms with Crippen molar-refractivity contribution in [3.05, 3.63) is 46.4 Å². The lowest BCUT2D eigenvalue weighted by molar-refractivity contribution is 0.00696. The number of halogens is 1. The van der Waals surface area contributed by atoms with Gasteiger partial charge < -0.3 is 15.6 Å². The zero-order valence-electron chi connectivity index (χ0n) is 12.7. The highest BCUT2D eigenvalue weighted by Crippen LogP contribution is 2.32. The number of phenols is 1. The van der Waals surface area contributed by atoms with E-state index < -0.39 is 11.6 Å². The van der Waals surface area contributed by atoms with Crippen molar-refractivity contribution in [2.24, 2.45) is 0 Å². The molecule has 0 aliphatic rings. The number of hydrogen-bond acceptors (Lipinski definition) is 4. The van der Waals surface area contributed by atoms with Crippen LogP contribution in [0.1, 0.15) is 31.1 Å². The van der Waals surface area contributed by atoms with Gasteiger partial charge in [-0.15, -0.1) is 0 Å². The Labute approximate surface area is 138 Å². The predicted molar refractivity (Wildman–Crippen MR) is 90.8 cm³/mol. The first-order chi connectivity index (χ1) is 10.2. The van der Waals surface area contributed by atoms with Crippen LogP contribution in [0.2, 0.25) is 0 Å². The Balaban J connectivity index is 2.36. The van der Waals surface area contributed by atoms with Crippen molar-refractivity contribution in [2.75, 3.05) is 5.73 Å². The minimum atomic E-state index is -0.555. The minimum absolute atomic E-state index is 0.139. The van der Waals surface area contributed by atoms with Crippen LogP contribution in [0, 0.1) is 0 Å². The SMILES string of the molecule is CC(C)(C)OC(=O)c1ccc(-c2cc(O)cc(Br)c2)c(N)c1. The van der Waals surface area contributed by atoms with Crippen LogP contribution in [0.25, 0.3) is 11.1 Å². The van der Waals surface area contributed by atoms with Crippen LogP contribution < -0.4 is 5.73 Å². The normalized spacial score (nSPS) is 11.3. The largest absolute Gasteiger partial charge is 0.508 e. The van der Waals surface area contributed by atoms with Crippen LogP contribution in [-0.4, -0.2) is 16.7 Å². The van der Waals surface area contributed by atoms with Crippen LogP contribution in [0.5, 0.6) is 5.75 Å². The number of phenolic OH excluding ortho intramolecular Hbond substituents is 1. The smallest absolute Gasteiger partial charge is 0.338 e. The number of ether oxygens (including phenoxy) is 1. The number of nitrogen functional groups attached to an aromatic ring is 1. The molecule has 5 heteroatoms. The molecule has 2 aromatic carbocycles. The number of nitrogens with two attached hydrogens (primary N) is 1. The van der Waals surface area contributed by atoms with Crippen molar-refractivity contribution in [3.8, 4) is 16.9 Å². The monoisotopic (exact) mass is 363 g/mol. The zero-order valence-corrected chi connectivity index (χ0v) is 14.3. The van der Waals surface area contributed by atoms with Gasteiger partial charge in [0.2, 0.25) is 0 Å². The van der Waals surface area contributed by atoms with Crippen molar-refractivity contribution in [2.45, 2.75) is 26.4 Å². The average molecular weight is 364 g/mol. The maximum atomic E-state index is 12.0. The Morgan fingerprint density at radius 1 is 1.18 bits per heavy atom. The highest BCUT2D eigenvalue weighted by Gasteiger charge is 2.18. The van der Waals surface area contributed by atoms with Crippen LogP contribution in [0.15, 0.2) is 40.9 Å². The molecule has 0 radical (unpaired) electrons. The van der Waals surface area contributed by atoms with Crippen molar-refractivity contribution in [1.82, 2.24) is 0 Å². The molecule has 0 amide bonds. The van der Waals surface area contributed by atoms with E-state index in [9.17, 15) is 9.90 Å². The summed E-state index contributed by atoms with van der Waals surface area (Å²) >= 11 is 3.33. The first-order valence-corrected chi connectivity index (χ1v) is 7.58. The number of hydrogen-bond donors (Lipinski definition) is 2. The standard InChI is InChI=1S/C17H18BrNO3/c1-17(2,3)22-16(21)10-4-5-14(15(19)8-10)11-6-12(18)9-13(20)7-11/h4-9,20H,19H2,1-3H3. The molecule has 0 heterocycles. The summed E-state index contributed by atoms with van der Waals surface area (Å²) in [6.45, 7) is 5.44. The molecule has 116 valence electrons. The third kappa shape index (κ3) is 4.01. The molecule has 0 aliphatic carbocycles. The summed E-state index contributed by atoms with van der Waals surface area (Å²) in [5.41, 5.74) is 7.84. The third-order valence-electron chi connectivity index (χ3n) is 2.88. The topological polar surface area (TPSA) is 72.5 Å². The number of carbonyl (C=O) groups excluding carboxylic acids is 1. The van der Waals surface area contributed by atoms with Gasteiger partial charge in [0.15, 0.2) is 0 Å². The van der Waals surface area contributed by atoms with Crippen molar-refractivity contribution >= 4 is 27.6 Å². The fourth-order valence-electron chi connectivity index (χ4n) is 2.02. The summed E-state index contributed by atoms with van der Waals surface area (Å²) in [5.74, 6) is -0.275. The minimum Gasteiger partial charge on any atom is -0.508 e. The molecule has 2 rings (SSSR count). The molecule has 0 atom stereocenters. The summed E-state index contributed by atoms with van der Waals surface area (Å²) in [4.78, 5) is 12.0. The second kappa shape index (κ2) is 6.01. The van der Waals surface area contributed by atoms with E-state index in [1.54, 1.807) is 30.3 Å². The maximum absolute atomic E-state index is 12.0. The molecule has 0 bridgehead atoms. The molecule has 22 heavy (non-hydrogen) atoms. The Morgan fingerprint density at radius 2 is 1.86 bits per heavy atom. The number of esters is 1. The average Bonchev–Trinajstić information content (AvgIpc) is 2.35. The van der Waals surface area contributed by atoms with Gasteiger partial charge >= 0.3 is 5.97 Å². The molecule has 2 aromatic rings. The summed E-state index contributed by atoms with van der Waals surface area (Å²) in [5, 5.41) is 9.67. The van der Waals surface area contributed by atoms with Gasteiger partial charge in [0.05, 0.1) is 5.56 Å². The van der Waals surface area contributed by atoms with E-state index in [0.717, 1.165) is 15.6 Å². The summed E-state index contributed by atoms with van der Waals surface area (Å²) in [6, 6.07) is 10.0. The third-order valence-corrected chi connectivity index (χ3v) is 3.34. The van der Waals surface area contributed by atoms with Gasteiger partial charge in [-0.05, 0) is 56.7 Å². The Hall–Kier alpha value is -2.01. The molecular formula is C17H18BrNO3. The van der Waals surface area contributed by atoms with E-state index in [1.165, 1.54) is 0 Å². The highest BCUT2D eigenvalue weighted by molar-refractivity contribution is 9.10. The fourth-order valence-corrected chi connectivity index (χ4v) is 2.50. The fraction of sp³-hybridized carbons (Fsp3) is 0.235. The van der Waals surface area contributed by atoms with E-state index in [-0.39, 0.29) is 5.75 Å². The number of rotatable bonds is 2. The van der Waals surface area contributed by atoms with E-state index in [4.69, 9.17) is 10.5 Å². The van der Waals surface area contributed by atoms with Gasteiger partial charge in [0.25, 0.3) is 0 Å². The van der Waals surface area contributed by atoms with Crippen LogP contribution in [-0.2, 0) is 4.74 Å². The second-order valence-corrected chi connectivity index (χ2v) is 6.92. The Bertz CT molecular complexity index is 700. The van der Waals surface area contributed by atoms with Crippen LogP contribution in [0.4, 0.5) is 5.69 Å². The molecule has 0 aromatic heterocycles. The quantitative estimate of drug-likeness (QED) is 0.614. The second-order valence-electron chi connectivity index (χ2n) is 6.00. The van der Waals surface area contributed by atoms with Gasteiger partial charge in [-0.25, -0.2) is 4.79 Å². The first-order valence-electron chi connectivity index (χ1n) is 6.78. The molecule has 0 saturated heterocycles. The highest BCUT2D eigenvalue weighted by atomic mass is 79.9.